The van der Waals surface area contributed by atoms with Crippen LogP contribution in [0, 0.1) is 6.92 Å². The SMILES string of the molecule is CCO[C@@H](COC(=O)Nc1ccc(S(=O)(=O)C2CC2)c(CN(C)C(=O)OCc2ccccc2)c1)c1ccc(B(O)O)cc1C. The number of nitrogens with one attached hydrogen (secondary N) is 1. The summed E-state index contributed by atoms with van der Waals surface area (Å²) in [5.41, 5.74) is 3.24. The van der Waals surface area contributed by atoms with Crippen LogP contribution in [0.15, 0.2) is 71.6 Å². The second-order valence-electron chi connectivity index (χ2n) is 10.6. The van der Waals surface area contributed by atoms with Crippen LogP contribution in [-0.2, 0) is 37.2 Å². The maximum Gasteiger partial charge on any atom is 0.488 e. The number of rotatable bonds is 13. The number of aryl methyl sites for hydroxylation is 1. The van der Waals surface area contributed by atoms with E-state index in [0.29, 0.717) is 30.5 Å². The molecule has 44 heavy (non-hydrogen) atoms. The van der Waals surface area contributed by atoms with E-state index in [1.165, 1.54) is 30.1 Å². The number of carbonyl (C=O) groups excluding carboxylic acids is 2. The molecule has 3 N–H and O–H groups in total. The molecule has 1 atom stereocenters. The summed E-state index contributed by atoms with van der Waals surface area (Å²) in [7, 11) is -3.70. The zero-order chi connectivity index (χ0) is 31.9. The number of amides is 2. The smallest absolute Gasteiger partial charge is 0.446 e. The minimum atomic E-state index is -3.61. The molecule has 0 unspecified atom stereocenters. The van der Waals surface area contributed by atoms with Gasteiger partial charge in [-0.05, 0) is 72.6 Å². The highest BCUT2D eigenvalue weighted by Gasteiger charge is 2.38. The van der Waals surface area contributed by atoms with Gasteiger partial charge in [-0.25, -0.2) is 18.0 Å². The van der Waals surface area contributed by atoms with Gasteiger partial charge >= 0.3 is 19.3 Å². The van der Waals surface area contributed by atoms with Gasteiger partial charge in [0, 0.05) is 19.3 Å². The molecular weight excluding hydrogens is 587 g/mol. The first-order valence-electron chi connectivity index (χ1n) is 14.3. The summed E-state index contributed by atoms with van der Waals surface area (Å²) in [5.74, 6) is 0. The lowest BCUT2D eigenvalue weighted by Crippen LogP contribution is -2.30. The van der Waals surface area contributed by atoms with Crippen molar-refractivity contribution in [2.75, 3.05) is 25.6 Å². The van der Waals surface area contributed by atoms with Gasteiger partial charge in [-0.2, -0.15) is 0 Å². The summed E-state index contributed by atoms with van der Waals surface area (Å²) >= 11 is 0. The van der Waals surface area contributed by atoms with Gasteiger partial charge in [0.15, 0.2) is 9.84 Å². The lowest BCUT2D eigenvalue weighted by Gasteiger charge is -2.21. The van der Waals surface area contributed by atoms with Gasteiger partial charge in [0.2, 0.25) is 0 Å². The van der Waals surface area contributed by atoms with Crippen LogP contribution < -0.4 is 10.8 Å². The Morgan fingerprint density at radius 3 is 2.41 bits per heavy atom. The maximum absolute atomic E-state index is 13.2. The fourth-order valence-corrected chi connectivity index (χ4v) is 6.58. The zero-order valence-electron chi connectivity index (χ0n) is 24.9. The Morgan fingerprint density at radius 2 is 1.77 bits per heavy atom. The van der Waals surface area contributed by atoms with Crippen LogP contribution in [0.1, 0.15) is 48.1 Å². The van der Waals surface area contributed by atoms with Crippen LogP contribution in [0.4, 0.5) is 15.3 Å². The third-order valence-corrected chi connectivity index (χ3v) is 9.53. The molecule has 0 aromatic heterocycles. The van der Waals surface area contributed by atoms with Crippen LogP contribution >= 0.6 is 0 Å². The molecule has 0 saturated heterocycles. The Labute approximate surface area is 257 Å². The summed E-state index contributed by atoms with van der Waals surface area (Å²) in [6.07, 6.45) is -0.859. The number of anilines is 1. The van der Waals surface area contributed by atoms with E-state index in [4.69, 9.17) is 14.2 Å². The Morgan fingerprint density at radius 1 is 1.05 bits per heavy atom. The Kier molecular flexibility index (Phi) is 11.0. The molecule has 4 rings (SSSR count). The molecular formula is C31H37BN2O9S. The van der Waals surface area contributed by atoms with Crippen molar-refractivity contribution in [3.05, 3.63) is 89.0 Å². The van der Waals surface area contributed by atoms with E-state index in [1.54, 1.807) is 25.1 Å². The number of benzene rings is 3. The molecule has 13 heteroatoms. The second-order valence-corrected chi connectivity index (χ2v) is 12.8. The minimum Gasteiger partial charge on any atom is -0.446 e. The number of hydrogen-bond donors (Lipinski definition) is 3. The first-order chi connectivity index (χ1) is 21.0. The predicted molar refractivity (Wildman–Crippen MR) is 165 cm³/mol. The molecule has 0 heterocycles. The molecule has 1 aliphatic carbocycles. The normalized spacial score (nSPS) is 13.6. The predicted octanol–water partition coefficient (Wildman–Crippen LogP) is 3.71. The lowest BCUT2D eigenvalue weighted by atomic mass is 9.78. The number of hydrogen-bond acceptors (Lipinski definition) is 9. The van der Waals surface area contributed by atoms with Crippen molar-refractivity contribution in [2.45, 2.75) is 56.1 Å². The fourth-order valence-electron chi connectivity index (χ4n) is 4.72. The van der Waals surface area contributed by atoms with Gasteiger partial charge in [-0.15, -0.1) is 0 Å². The molecule has 1 saturated carbocycles. The summed E-state index contributed by atoms with van der Waals surface area (Å²) in [6.45, 7) is 3.83. The van der Waals surface area contributed by atoms with Crippen molar-refractivity contribution < 1.29 is 42.3 Å². The van der Waals surface area contributed by atoms with E-state index in [2.05, 4.69) is 5.32 Å². The van der Waals surface area contributed by atoms with Crippen molar-refractivity contribution in [3.8, 4) is 0 Å². The van der Waals surface area contributed by atoms with Gasteiger partial charge < -0.3 is 29.2 Å². The molecule has 0 aliphatic heterocycles. The quantitative estimate of drug-likeness (QED) is 0.242. The monoisotopic (exact) mass is 624 g/mol. The van der Waals surface area contributed by atoms with E-state index in [1.807, 2.05) is 37.3 Å². The largest absolute Gasteiger partial charge is 0.488 e. The van der Waals surface area contributed by atoms with E-state index >= 15 is 0 Å². The topological polar surface area (TPSA) is 152 Å². The molecule has 1 aliphatic rings. The van der Waals surface area contributed by atoms with Crippen LogP contribution in [0.2, 0.25) is 0 Å². The van der Waals surface area contributed by atoms with Crippen LogP contribution in [0.3, 0.4) is 0 Å². The maximum atomic E-state index is 13.2. The second kappa shape index (κ2) is 14.7. The van der Waals surface area contributed by atoms with E-state index in [9.17, 15) is 28.1 Å². The molecule has 1 fully saturated rings. The highest BCUT2D eigenvalue weighted by Crippen LogP contribution is 2.36. The van der Waals surface area contributed by atoms with Crippen LogP contribution in [0.25, 0.3) is 0 Å². The average molecular weight is 625 g/mol. The summed E-state index contributed by atoms with van der Waals surface area (Å²) in [5, 5.41) is 21.0. The van der Waals surface area contributed by atoms with Crippen molar-refractivity contribution in [2.24, 2.45) is 0 Å². The molecule has 3 aromatic rings. The van der Waals surface area contributed by atoms with E-state index in [-0.39, 0.29) is 30.3 Å². The summed E-state index contributed by atoms with van der Waals surface area (Å²) < 4.78 is 43.0. The Balaban J connectivity index is 1.45. The number of ether oxygens (including phenoxy) is 3. The molecule has 2 amide bonds. The van der Waals surface area contributed by atoms with Gasteiger partial charge in [-0.3, -0.25) is 5.32 Å². The van der Waals surface area contributed by atoms with Crippen molar-refractivity contribution in [1.29, 1.82) is 0 Å². The first kappa shape index (κ1) is 33.0. The average Bonchev–Trinajstić information content (AvgIpc) is 3.85. The fraction of sp³-hybridized carbons (Fsp3) is 0.355. The van der Waals surface area contributed by atoms with Crippen molar-refractivity contribution in [1.82, 2.24) is 4.90 Å². The van der Waals surface area contributed by atoms with Gasteiger partial charge in [0.25, 0.3) is 0 Å². The Bertz CT molecular complexity index is 1560. The molecule has 3 aromatic carbocycles. The first-order valence-corrected chi connectivity index (χ1v) is 15.8. The van der Waals surface area contributed by atoms with Gasteiger partial charge in [0.05, 0.1) is 16.7 Å². The van der Waals surface area contributed by atoms with E-state index in [0.717, 1.165) is 16.7 Å². The standard InChI is InChI=1S/C31H37BN2O9S/c1-4-41-28(27-14-10-24(32(37)38)16-21(27)2)20-42-30(35)33-25-11-15-29(44(39,40)26-12-13-26)23(17-25)18-34(3)31(36)43-19-22-8-6-5-7-9-22/h5-11,14-17,26,28,37-38H,4,12-13,18-20H2,1-3H3,(H,33,35)/t28-/m0/s1. The lowest BCUT2D eigenvalue weighted by molar-refractivity contribution is 0.0127. The molecule has 0 spiro atoms. The van der Waals surface area contributed by atoms with Crippen molar-refractivity contribution in [3.63, 3.8) is 0 Å². The highest BCUT2D eigenvalue weighted by atomic mass is 32.2. The number of sulfone groups is 1. The Hall–Kier alpha value is -3.91. The van der Waals surface area contributed by atoms with Crippen LogP contribution in [0.5, 0.6) is 0 Å². The third kappa shape index (κ3) is 8.60. The van der Waals surface area contributed by atoms with Gasteiger partial charge in [-0.1, -0.05) is 48.5 Å². The third-order valence-electron chi connectivity index (χ3n) is 7.17. The van der Waals surface area contributed by atoms with Crippen LogP contribution in [-0.4, -0.2) is 68.2 Å². The van der Waals surface area contributed by atoms with E-state index < -0.39 is 40.5 Å². The molecule has 11 nitrogen and oxygen atoms in total. The zero-order valence-corrected chi connectivity index (χ0v) is 25.7. The van der Waals surface area contributed by atoms with Crippen molar-refractivity contribution >= 4 is 40.3 Å². The number of carbonyl (C=O) groups is 2. The molecule has 234 valence electrons. The minimum absolute atomic E-state index is 0.0658. The highest BCUT2D eigenvalue weighted by molar-refractivity contribution is 7.92. The van der Waals surface area contributed by atoms with Gasteiger partial charge in [0.1, 0.15) is 19.3 Å². The summed E-state index contributed by atoms with van der Waals surface area (Å²) in [6, 6.07) is 18.5. The molecule has 0 radical (unpaired) electrons. The molecule has 0 bridgehead atoms. The summed E-state index contributed by atoms with van der Waals surface area (Å²) in [4.78, 5) is 26.9. The number of nitrogens with zero attached hydrogens (tertiary/aromatic N) is 1.